The molecule has 0 bridgehead atoms. The van der Waals surface area contributed by atoms with Gasteiger partial charge in [-0.3, -0.25) is 13.9 Å². The normalized spacial score (nSPS) is 12.6. The molecule has 2 unspecified atom stereocenters. The molecule has 0 spiro atoms. The number of carbonyl (C=O) groups is 2. The molecule has 0 aliphatic carbocycles. The summed E-state index contributed by atoms with van der Waals surface area (Å²) in [6.07, 6.45) is 0.871. The first-order chi connectivity index (χ1) is 21.5. The maximum absolute atomic E-state index is 14.5. The molecule has 4 aromatic rings. The molecule has 0 heterocycles. The number of amides is 2. The number of hydrogen-bond acceptors (Lipinski definition) is 4. The highest BCUT2D eigenvalue weighted by Crippen LogP contribution is 2.29. The summed E-state index contributed by atoms with van der Waals surface area (Å²) in [6, 6.07) is 28.0. The molecule has 7 nitrogen and oxygen atoms in total. The lowest BCUT2D eigenvalue weighted by atomic mass is 10.0. The Morgan fingerprint density at radius 3 is 2.00 bits per heavy atom. The Balaban J connectivity index is 1.83. The molecule has 2 amide bonds. The minimum Gasteiger partial charge on any atom is -0.352 e. The zero-order chi connectivity index (χ0) is 32.6. The minimum atomic E-state index is -4.18. The summed E-state index contributed by atoms with van der Waals surface area (Å²) in [6.45, 7) is 3.16. The lowest BCUT2D eigenvalue weighted by Crippen LogP contribution is -2.54. The third-order valence-electron chi connectivity index (χ3n) is 7.39. The molecule has 0 radical (unpaired) electrons. The smallest absolute Gasteiger partial charge is 0.264 e. The van der Waals surface area contributed by atoms with Crippen molar-refractivity contribution in [1.82, 2.24) is 10.2 Å². The second-order valence-electron chi connectivity index (χ2n) is 10.5. The maximum atomic E-state index is 14.5. The molecule has 1 N–H and O–H groups in total. The largest absolute Gasteiger partial charge is 0.352 e. The van der Waals surface area contributed by atoms with E-state index in [0.29, 0.717) is 27.7 Å². The van der Waals surface area contributed by atoms with Crippen LogP contribution in [-0.4, -0.2) is 43.8 Å². The van der Waals surface area contributed by atoms with E-state index in [1.165, 1.54) is 17.0 Å². The monoisotopic (exact) mass is 777 g/mol. The summed E-state index contributed by atoms with van der Waals surface area (Å²) in [4.78, 5) is 29.9. The molecule has 2 atom stereocenters. The van der Waals surface area contributed by atoms with Gasteiger partial charge < -0.3 is 10.2 Å². The Labute approximate surface area is 288 Å². The first kappa shape index (κ1) is 34.7. The average Bonchev–Trinajstić information content (AvgIpc) is 3.04. The zero-order valence-electron chi connectivity index (χ0n) is 24.9. The lowest BCUT2D eigenvalue weighted by molar-refractivity contribution is -0.140. The zero-order valence-corrected chi connectivity index (χ0v) is 29.4. The summed E-state index contributed by atoms with van der Waals surface area (Å²) >= 11 is 15.3. The van der Waals surface area contributed by atoms with Crippen LogP contribution in [0.4, 0.5) is 5.69 Å². The van der Waals surface area contributed by atoms with Crippen LogP contribution in [0.25, 0.3) is 0 Å². The van der Waals surface area contributed by atoms with Gasteiger partial charge in [0, 0.05) is 38.2 Å². The van der Waals surface area contributed by atoms with Crippen LogP contribution in [-0.2, 0) is 32.6 Å². The number of halogens is 3. The van der Waals surface area contributed by atoms with E-state index in [-0.39, 0.29) is 29.8 Å². The number of nitrogens with zero attached hydrogens (tertiary/aromatic N) is 2. The molecule has 0 aliphatic rings. The fraction of sp³-hybridized carbons (Fsp3) is 0.235. The SMILES string of the molecule is CCC(C)NC(=O)C(Cc1ccccc1)N(Cc1c(Cl)cccc1Cl)C(=O)CN(c1ccc(I)cc1)S(=O)(=O)c1ccccc1. The molecule has 0 aliphatic heterocycles. The fourth-order valence-electron chi connectivity index (χ4n) is 4.70. The van der Waals surface area contributed by atoms with Gasteiger partial charge in [-0.05, 0) is 90.0 Å². The predicted molar refractivity (Wildman–Crippen MR) is 189 cm³/mol. The molecule has 0 saturated heterocycles. The summed E-state index contributed by atoms with van der Waals surface area (Å²) in [5.41, 5.74) is 1.60. The van der Waals surface area contributed by atoms with Gasteiger partial charge in [-0.15, -0.1) is 0 Å². The van der Waals surface area contributed by atoms with E-state index >= 15 is 0 Å². The van der Waals surface area contributed by atoms with Gasteiger partial charge in [-0.25, -0.2) is 8.42 Å². The predicted octanol–water partition coefficient (Wildman–Crippen LogP) is 7.35. The number of nitrogens with one attached hydrogen (secondary N) is 1. The number of anilines is 1. The summed E-state index contributed by atoms with van der Waals surface area (Å²) < 4.78 is 30.1. The third kappa shape index (κ3) is 9.00. The topological polar surface area (TPSA) is 86.8 Å². The highest BCUT2D eigenvalue weighted by atomic mass is 127. The van der Waals surface area contributed by atoms with E-state index in [2.05, 4.69) is 27.9 Å². The van der Waals surface area contributed by atoms with Gasteiger partial charge in [-0.1, -0.05) is 84.7 Å². The molecule has 0 saturated carbocycles. The number of sulfonamides is 1. The Kier molecular flexibility index (Phi) is 12.3. The Morgan fingerprint density at radius 2 is 1.42 bits per heavy atom. The van der Waals surface area contributed by atoms with Gasteiger partial charge in [0.15, 0.2) is 0 Å². The van der Waals surface area contributed by atoms with Crippen molar-refractivity contribution in [3.05, 3.63) is 128 Å². The van der Waals surface area contributed by atoms with Crippen LogP contribution in [0.5, 0.6) is 0 Å². The second-order valence-corrected chi connectivity index (χ2v) is 14.5. The summed E-state index contributed by atoms with van der Waals surface area (Å²) in [7, 11) is -4.18. The standard InChI is InChI=1S/C34H34Cl2IN3O4S/c1-3-24(2)38-34(42)32(21-25-11-6-4-7-12-25)39(22-29-30(35)15-10-16-31(29)36)33(41)23-40(27-19-17-26(37)18-20-27)45(43,44)28-13-8-5-9-14-28/h4-20,24,32H,3,21-23H2,1-2H3,(H,38,42). The first-order valence-electron chi connectivity index (χ1n) is 14.4. The summed E-state index contributed by atoms with van der Waals surface area (Å²) in [5, 5.41) is 3.67. The van der Waals surface area contributed by atoms with Crippen molar-refractivity contribution < 1.29 is 18.0 Å². The first-order valence-corrected chi connectivity index (χ1v) is 17.7. The third-order valence-corrected chi connectivity index (χ3v) is 10.6. The van der Waals surface area contributed by atoms with Crippen molar-refractivity contribution in [3.8, 4) is 0 Å². The van der Waals surface area contributed by atoms with Crippen molar-refractivity contribution in [2.24, 2.45) is 0 Å². The molecule has 236 valence electrons. The van der Waals surface area contributed by atoms with Crippen molar-refractivity contribution >= 4 is 73.3 Å². The van der Waals surface area contributed by atoms with Crippen molar-refractivity contribution in [1.29, 1.82) is 0 Å². The molecule has 4 rings (SSSR count). The molecule has 4 aromatic carbocycles. The second kappa shape index (κ2) is 15.9. The van der Waals surface area contributed by atoms with Crippen LogP contribution in [0, 0.1) is 3.57 Å². The van der Waals surface area contributed by atoms with Crippen LogP contribution in [0.1, 0.15) is 31.4 Å². The van der Waals surface area contributed by atoms with Gasteiger partial charge in [-0.2, -0.15) is 0 Å². The maximum Gasteiger partial charge on any atom is 0.264 e. The average molecular weight is 779 g/mol. The van der Waals surface area contributed by atoms with E-state index in [1.807, 2.05) is 44.2 Å². The van der Waals surface area contributed by atoms with Gasteiger partial charge in [0.25, 0.3) is 10.0 Å². The lowest BCUT2D eigenvalue weighted by Gasteiger charge is -2.34. The van der Waals surface area contributed by atoms with E-state index in [0.717, 1.165) is 13.4 Å². The number of carbonyl (C=O) groups excluding carboxylic acids is 2. The van der Waals surface area contributed by atoms with E-state index in [9.17, 15) is 18.0 Å². The highest BCUT2D eigenvalue weighted by Gasteiger charge is 2.35. The van der Waals surface area contributed by atoms with Crippen LogP contribution in [0.2, 0.25) is 10.0 Å². The highest BCUT2D eigenvalue weighted by molar-refractivity contribution is 14.1. The number of hydrogen-bond donors (Lipinski definition) is 1. The molecule has 0 aromatic heterocycles. The van der Waals surface area contributed by atoms with Gasteiger partial charge in [0.2, 0.25) is 11.8 Å². The van der Waals surface area contributed by atoms with E-state index < -0.39 is 28.5 Å². The van der Waals surface area contributed by atoms with E-state index in [1.54, 1.807) is 60.7 Å². The number of rotatable bonds is 13. The quantitative estimate of drug-likeness (QED) is 0.144. The van der Waals surface area contributed by atoms with E-state index in [4.69, 9.17) is 23.2 Å². The minimum absolute atomic E-state index is 0.0346. The Hall–Kier alpha value is -3.12. The molecular weight excluding hydrogens is 744 g/mol. The number of benzene rings is 4. The van der Waals surface area contributed by atoms with Gasteiger partial charge in [0.05, 0.1) is 10.6 Å². The van der Waals surface area contributed by atoms with Crippen molar-refractivity contribution in [2.75, 3.05) is 10.8 Å². The summed E-state index contributed by atoms with van der Waals surface area (Å²) in [5.74, 6) is -0.958. The van der Waals surface area contributed by atoms with Crippen molar-refractivity contribution in [3.63, 3.8) is 0 Å². The van der Waals surface area contributed by atoms with Gasteiger partial charge in [0.1, 0.15) is 12.6 Å². The van der Waals surface area contributed by atoms with Gasteiger partial charge >= 0.3 is 0 Å². The van der Waals surface area contributed by atoms with Crippen LogP contribution >= 0.6 is 45.8 Å². The fourth-order valence-corrected chi connectivity index (χ4v) is 7.02. The van der Waals surface area contributed by atoms with Crippen LogP contribution < -0.4 is 9.62 Å². The van der Waals surface area contributed by atoms with Crippen LogP contribution in [0.3, 0.4) is 0 Å². The molecule has 0 fully saturated rings. The molecule has 45 heavy (non-hydrogen) atoms. The van der Waals surface area contributed by atoms with Crippen LogP contribution in [0.15, 0.2) is 108 Å². The Morgan fingerprint density at radius 1 is 0.844 bits per heavy atom. The molecular formula is C34H34Cl2IN3O4S. The Bertz CT molecular complexity index is 1690. The van der Waals surface area contributed by atoms with Crippen molar-refractivity contribution in [2.45, 2.75) is 50.2 Å². The molecule has 11 heteroatoms.